The van der Waals surface area contributed by atoms with Crippen LogP contribution in [0.5, 0.6) is 0 Å². The summed E-state index contributed by atoms with van der Waals surface area (Å²) in [5.41, 5.74) is 2.78. The van der Waals surface area contributed by atoms with Gasteiger partial charge < -0.3 is 4.74 Å². The average molecular weight is 360 g/mol. The minimum Gasteiger partial charge on any atom is -0.375 e. The summed E-state index contributed by atoms with van der Waals surface area (Å²) in [6.45, 7) is -0.00492. The normalized spacial score (nSPS) is 10.6. The van der Waals surface area contributed by atoms with Crippen LogP contribution in [0.1, 0.15) is 0 Å². The van der Waals surface area contributed by atoms with E-state index in [-0.39, 0.29) is 12.5 Å². The number of carbonyl (C=O) groups excluding carboxylic acids is 1. The van der Waals surface area contributed by atoms with Gasteiger partial charge in [-0.2, -0.15) is 0 Å². The fourth-order valence-electron chi connectivity index (χ4n) is 2.25. The number of pyridine rings is 1. The molecule has 2 heterocycles. The van der Waals surface area contributed by atoms with Crippen molar-refractivity contribution >= 4 is 34.0 Å². The summed E-state index contributed by atoms with van der Waals surface area (Å²) in [6, 6.07) is 9.52. The smallest absolute Gasteiger partial charge is 0.252 e. The van der Waals surface area contributed by atoms with Crippen molar-refractivity contribution in [2.75, 3.05) is 19.0 Å². The van der Waals surface area contributed by atoms with Crippen LogP contribution < -0.4 is 5.32 Å². The summed E-state index contributed by atoms with van der Waals surface area (Å²) >= 11 is 7.70. The lowest BCUT2D eigenvalue weighted by Crippen LogP contribution is -2.16. The van der Waals surface area contributed by atoms with Crippen molar-refractivity contribution in [3.8, 4) is 21.6 Å². The molecule has 122 valence electrons. The van der Waals surface area contributed by atoms with E-state index in [1.54, 1.807) is 18.6 Å². The van der Waals surface area contributed by atoms with E-state index in [4.69, 9.17) is 16.3 Å². The molecule has 1 N–H and O–H groups in total. The number of nitrogens with zero attached hydrogens (tertiary/aromatic N) is 2. The number of amides is 1. The number of carbonyl (C=O) groups is 1. The number of halogens is 1. The van der Waals surface area contributed by atoms with Gasteiger partial charge >= 0.3 is 0 Å². The number of hydrogen-bond acceptors (Lipinski definition) is 5. The summed E-state index contributed by atoms with van der Waals surface area (Å²) in [5, 5.41) is 3.88. The predicted molar refractivity (Wildman–Crippen MR) is 96.3 cm³/mol. The first kappa shape index (κ1) is 16.6. The number of rotatable bonds is 5. The van der Waals surface area contributed by atoms with Gasteiger partial charge in [0.05, 0.1) is 4.88 Å². The third-order valence-corrected chi connectivity index (χ3v) is 4.55. The molecule has 3 aromatic rings. The van der Waals surface area contributed by atoms with Gasteiger partial charge in [-0.05, 0) is 12.1 Å². The Morgan fingerprint density at radius 3 is 2.83 bits per heavy atom. The lowest BCUT2D eigenvalue weighted by atomic mass is 10.0. The number of benzene rings is 1. The monoisotopic (exact) mass is 359 g/mol. The quantitative estimate of drug-likeness (QED) is 0.744. The fraction of sp³-hybridized carbons (Fsp3) is 0.118. The van der Waals surface area contributed by atoms with Crippen molar-refractivity contribution in [3.63, 3.8) is 0 Å². The zero-order chi connectivity index (χ0) is 16.9. The van der Waals surface area contributed by atoms with E-state index in [0.717, 1.165) is 21.6 Å². The number of methoxy groups -OCH3 is 1. The number of hydrogen-bond donors (Lipinski definition) is 1. The summed E-state index contributed by atoms with van der Waals surface area (Å²) in [7, 11) is 1.47. The topological polar surface area (TPSA) is 64.1 Å². The van der Waals surface area contributed by atoms with E-state index in [1.165, 1.54) is 18.4 Å². The first-order chi connectivity index (χ1) is 11.7. The Hall–Kier alpha value is -2.28. The second kappa shape index (κ2) is 7.53. The minimum atomic E-state index is -0.237. The molecule has 3 rings (SSSR count). The van der Waals surface area contributed by atoms with Crippen LogP contribution in [0, 0.1) is 0 Å². The SMILES string of the molecule is COCC(=O)Nc1ncc(-c2ccncc2-c2ccccc2Cl)s1. The first-order valence-corrected chi connectivity index (χ1v) is 8.32. The van der Waals surface area contributed by atoms with Gasteiger partial charge in [0.15, 0.2) is 5.13 Å². The molecule has 0 aliphatic carbocycles. The van der Waals surface area contributed by atoms with Crippen LogP contribution in [-0.4, -0.2) is 29.6 Å². The van der Waals surface area contributed by atoms with Gasteiger partial charge in [-0.1, -0.05) is 41.1 Å². The van der Waals surface area contributed by atoms with Crippen LogP contribution in [0.2, 0.25) is 5.02 Å². The summed E-state index contributed by atoms with van der Waals surface area (Å²) in [4.78, 5) is 21.0. The van der Waals surface area contributed by atoms with Crippen LogP contribution >= 0.6 is 22.9 Å². The first-order valence-electron chi connectivity index (χ1n) is 7.13. The lowest BCUT2D eigenvalue weighted by Gasteiger charge is -2.08. The van der Waals surface area contributed by atoms with Gasteiger partial charge in [0.2, 0.25) is 0 Å². The van der Waals surface area contributed by atoms with E-state index in [2.05, 4.69) is 15.3 Å². The highest BCUT2D eigenvalue weighted by molar-refractivity contribution is 7.19. The molecule has 0 aliphatic rings. The van der Waals surface area contributed by atoms with Gasteiger partial charge in [-0.25, -0.2) is 4.98 Å². The summed E-state index contributed by atoms with van der Waals surface area (Å²) in [5.74, 6) is -0.237. The van der Waals surface area contributed by atoms with E-state index in [1.807, 2.05) is 30.3 Å². The van der Waals surface area contributed by atoms with Crippen molar-refractivity contribution in [1.82, 2.24) is 9.97 Å². The molecule has 0 fully saturated rings. The minimum absolute atomic E-state index is 0.00492. The molecule has 5 nitrogen and oxygen atoms in total. The van der Waals surface area contributed by atoms with Gasteiger partial charge in [-0.3, -0.25) is 15.1 Å². The highest BCUT2D eigenvalue weighted by Crippen LogP contribution is 2.38. The van der Waals surface area contributed by atoms with E-state index < -0.39 is 0 Å². The molecular formula is C17H14ClN3O2S. The van der Waals surface area contributed by atoms with Crippen LogP contribution in [0.4, 0.5) is 5.13 Å². The Morgan fingerprint density at radius 1 is 1.21 bits per heavy atom. The standard InChI is InChI=1S/C17H14ClN3O2S/c1-23-10-16(22)21-17-20-9-15(24-17)12-6-7-19-8-13(12)11-4-2-3-5-14(11)18/h2-9H,10H2,1H3,(H,20,21,22). The average Bonchev–Trinajstić information content (AvgIpc) is 3.04. The molecular weight excluding hydrogens is 346 g/mol. The lowest BCUT2D eigenvalue weighted by molar-refractivity contribution is -0.119. The molecule has 1 amide bonds. The summed E-state index contributed by atoms with van der Waals surface area (Å²) < 4.78 is 4.80. The number of nitrogens with one attached hydrogen (secondary N) is 1. The fourth-order valence-corrected chi connectivity index (χ4v) is 3.36. The Morgan fingerprint density at radius 2 is 2.04 bits per heavy atom. The summed E-state index contributed by atoms with van der Waals surface area (Å²) in [6.07, 6.45) is 5.22. The molecule has 24 heavy (non-hydrogen) atoms. The van der Waals surface area contributed by atoms with Crippen molar-refractivity contribution in [2.45, 2.75) is 0 Å². The third kappa shape index (κ3) is 3.62. The Bertz CT molecular complexity index is 866. The number of ether oxygens (including phenoxy) is 1. The Labute approximate surface area is 148 Å². The predicted octanol–water partition coefficient (Wildman–Crippen LogP) is 4.11. The van der Waals surface area contributed by atoms with Crippen LogP contribution in [0.15, 0.2) is 48.9 Å². The maximum Gasteiger partial charge on any atom is 0.252 e. The van der Waals surface area contributed by atoms with Crippen LogP contribution in [0.3, 0.4) is 0 Å². The molecule has 0 aliphatic heterocycles. The second-order valence-electron chi connectivity index (χ2n) is 4.91. The van der Waals surface area contributed by atoms with E-state index in [0.29, 0.717) is 10.2 Å². The van der Waals surface area contributed by atoms with Gasteiger partial charge in [0.1, 0.15) is 6.61 Å². The van der Waals surface area contributed by atoms with Crippen molar-refractivity contribution in [2.24, 2.45) is 0 Å². The number of anilines is 1. The number of aromatic nitrogens is 2. The van der Waals surface area contributed by atoms with E-state index >= 15 is 0 Å². The molecule has 0 saturated carbocycles. The van der Waals surface area contributed by atoms with Crippen LogP contribution in [-0.2, 0) is 9.53 Å². The van der Waals surface area contributed by atoms with Crippen molar-refractivity contribution < 1.29 is 9.53 Å². The van der Waals surface area contributed by atoms with Crippen LogP contribution in [0.25, 0.3) is 21.6 Å². The molecule has 7 heteroatoms. The zero-order valence-corrected chi connectivity index (χ0v) is 14.4. The molecule has 0 bridgehead atoms. The maximum atomic E-state index is 11.6. The Balaban J connectivity index is 1.95. The molecule has 0 radical (unpaired) electrons. The van der Waals surface area contributed by atoms with Crippen molar-refractivity contribution in [3.05, 3.63) is 53.9 Å². The van der Waals surface area contributed by atoms with Crippen molar-refractivity contribution in [1.29, 1.82) is 0 Å². The zero-order valence-electron chi connectivity index (χ0n) is 12.8. The van der Waals surface area contributed by atoms with E-state index in [9.17, 15) is 4.79 Å². The molecule has 0 saturated heterocycles. The highest BCUT2D eigenvalue weighted by atomic mass is 35.5. The van der Waals surface area contributed by atoms with Gasteiger partial charge in [0, 0.05) is 47.4 Å². The Kier molecular flexibility index (Phi) is 5.20. The molecule has 0 unspecified atom stereocenters. The highest BCUT2D eigenvalue weighted by Gasteiger charge is 2.13. The molecule has 0 spiro atoms. The van der Waals surface area contributed by atoms with Gasteiger partial charge in [0.25, 0.3) is 5.91 Å². The molecule has 0 atom stereocenters. The number of thiazole rings is 1. The largest absolute Gasteiger partial charge is 0.375 e. The molecule has 2 aromatic heterocycles. The van der Waals surface area contributed by atoms with Gasteiger partial charge in [-0.15, -0.1) is 0 Å². The third-order valence-electron chi connectivity index (χ3n) is 3.28. The molecule has 1 aromatic carbocycles. The maximum absolute atomic E-state index is 11.6. The second-order valence-corrected chi connectivity index (χ2v) is 6.35.